The van der Waals surface area contributed by atoms with Crippen LogP contribution in [0.5, 0.6) is 0 Å². The van der Waals surface area contributed by atoms with Gasteiger partial charge in [0.15, 0.2) is 11.8 Å². The predicted octanol–water partition coefficient (Wildman–Crippen LogP) is 1.10. The van der Waals surface area contributed by atoms with Crippen LogP contribution in [0.3, 0.4) is 0 Å². The largest absolute Gasteiger partial charge is 0.379 e. The molecule has 160 valence electrons. The molecule has 0 saturated carbocycles. The molecule has 0 atom stereocenters. The monoisotopic (exact) mass is 420 g/mol. The van der Waals surface area contributed by atoms with Crippen LogP contribution in [0.1, 0.15) is 34.9 Å². The number of hydrogen-bond acceptors (Lipinski definition) is 7. The van der Waals surface area contributed by atoms with E-state index in [1.54, 1.807) is 11.3 Å². The van der Waals surface area contributed by atoms with Crippen LogP contribution in [0.15, 0.2) is 11.2 Å². The van der Waals surface area contributed by atoms with Crippen molar-refractivity contribution in [2.45, 2.75) is 39.8 Å². The summed E-state index contributed by atoms with van der Waals surface area (Å²) in [6, 6.07) is 0. The van der Waals surface area contributed by atoms with E-state index in [9.17, 15) is 0 Å². The summed E-state index contributed by atoms with van der Waals surface area (Å²) in [6.45, 7) is 10.9. The zero-order valence-electron chi connectivity index (χ0n) is 17.6. The van der Waals surface area contributed by atoms with Gasteiger partial charge in [0.05, 0.1) is 19.8 Å². The van der Waals surface area contributed by atoms with Gasteiger partial charge in [-0.25, -0.2) is 9.98 Å². The molecule has 0 radical (unpaired) electrons. The van der Waals surface area contributed by atoms with Crippen LogP contribution in [-0.4, -0.2) is 70.0 Å². The van der Waals surface area contributed by atoms with Gasteiger partial charge >= 0.3 is 0 Å². The molecule has 1 aliphatic heterocycles. The number of nitrogens with zero attached hydrogens (tertiary/aromatic N) is 6. The summed E-state index contributed by atoms with van der Waals surface area (Å²) < 4.78 is 7.38. The van der Waals surface area contributed by atoms with E-state index in [0.717, 1.165) is 74.9 Å². The molecule has 3 heterocycles. The zero-order valence-corrected chi connectivity index (χ0v) is 18.5. The normalized spacial score (nSPS) is 15.6. The number of thiazole rings is 1. The van der Waals surface area contributed by atoms with Crippen LogP contribution >= 0.6 is 11.3 Å². The van der Waals surface area contributed by atoms with Gasteiger partial charge in [0, 0.05) is 37.8 Å². The Morgan fingerprint density at radius 2 is 2.10 bits per heavy atom. The molecule has 0 aliphatic carbocycles. The van der Waals surface area contributed by atoms with E-state index in [4.69, 9.17) is 9.73 Å². The number of ether oxygens (including phenoxy) is 1. The van der Waals surface area contributed by atoms with Crippen LogP contribution < -0.4 is 10.6 Å². The number of rotatable bonds is 9. The van der Waals surface area contributed by atoms with Crippen molar-refractivity contribution in [1.29, 1.82) is 0 Å². The Morgan fingerprint density at radius 1 is 1.28 bits per heavy atom. The Morgan fingerprint density at radius 3 is 2.79 bits per heavy atom. The Bertz CT molecular complexity index is 781. The summed E-state index contributed by atoms with van der Waals surface area (Å²) in [5, 5.41) is 16.2. The lowest BCUT2D eigenvalue weighted by Crippen LogP contribution is -2.40. The van der Waals surface area contributed by atoms with E-state index in [-0.39, 0.29) is 0 Å². The summed E-state index contributed by atoms with van der Waals surface area (Å²) >= 11 is 1.74. The second-order valence-corrected chi connectivity index (χ2v) is 8.25. The summed E-state index contributed by atoms with van der Waals surface area (Å²) in [4.78, 5) is 12.9. The fraction of sp³-hybridized carbons (Fsp3) is 0.684. The lowest BCUT2D eigenvalue weighted by Gasteiger charge is -2.26. The van der Waals surface area contributed by atoms with Crippen molar-refractivity contribution in [1.82, 2.24) is 35.3 Å². The van der Waals surface area contributed by atoms with Gasteiger partial charge in [-0.1, -0.05) is 6.92 Å². The molecule has 1 fully saturated rings. The van der Waals surface area contributed by atoms with Crippen LogP contribution in [0, 0.1) is 6.92 Å². The van der Waals surface area contributed by atoms with Gasteiger partial charge in [0.1, 0.15) is 17.4 Å². The van der Waals surface area contributed by atoms with Crippen molar-refractivity contribution in [3.8, 4) is 0 Å². The van der Waals surface area contributed by atoms with E-state index < -0.39 is 0 Å². The first-order valence-corrected chi connectivity index (χ1v) is 11.1. The highest BCUT2D eigenvalue weighted by atomic mass is 32.1. The van der Waals surface area contributed by atoms with Gasteiger partial charge in [-0.2, -0.15) is 0 Å². The van der Waals surface area contributed by atoms with E-state index in [1.165, 1.54) is 4.88 Å². The number of nitrogens with one attached hydrogen (secondary N) is 2. The average Bonchev–Trinajstić information content (AvgIpc) is 3.34. The highest BCUT2D eigenvalue weighted by molar-refractivity contribution is 7.11. The molecule has 2 N–H and O–H groups in total. The first kappa shape index (κ1) is 21.7. The summed E-state index contributed by atoms with van der Waals surface area (Å²) in [6.07, 6.45) is 4.03. The number of aromatic nitrogens is 4. The molecule has 0 amide bonds. The second kappa shape index (κ2) is 11.2. The van der Waals surface area contributed by atoms with Crippen molar-refractivity contribution in [2.75, 3.05) is 39.4 Å². The molecular formula is C19H32N8OS. The standard InChI is InChI=1S/C19H32N8OS/c1-4-16-12-21-18(29-16)14-23-19(22-13-17-25-24-15(2)26(17)3)20-6-5-7-27-8-10-28-11-9-27/h12H,4-11,13-14H2,1-3H3,(H2,20,22,23). The van der Waals surface area contributed by atoms with Crippen molar-refractivity contribution in [3.63, 3.8) is 0 Å². The fourth-order valence-corrected chi connectivity index (χ4v) is 3.80. The van der Waals surface area contributed by atoms with Crippen LogP contribution in [0.25, 0.3) is 0 Å². The molecule has 29 heavy (non-hydrogen) atoms. The SMILES string of the molecule is CCc1cnc(CNC(=NCc2nnc(C)n2C)NCCCN2CCOCC2)s1. The molecule has 0 spiro atoms. The minimum Gasteiger partial charge on any atom is -0.379 e. The third kappa shape index (κ3) is 6.76. The quantitative estimate of drug-likeness (QED) is 0.356. The molecule has 0 bridgehead atoms. The molecule has 0 unspecified atom stereocenters. The van der Waals surface area contributed by atoms with Gasteiger partial charge in [0.2, 0.25) is 0 Å². The molecule has 2 aromatic heterocycles. The molecule has 2 aromatic rings. The maximum absolute atomic E-state index is 5.41. The van der Waals surface area contributed by atoms with Crippen molar-refractivity contribution >= 4 is 17.3 Å². The van der Waals surface area contributed by atoms with Gasteiger partial charge in [0.25, 0.3) is 0 Å². The lowest BCUT2D eigenvalue weighted by atomic mass is 10.3. The number of aryl methyl sites for hydroxylation is 2. The maximum Gasteiger partial charge on any atom is 0.192 e. The summed E-state index contributed by atoms with van der Waals surface area (Å²) in [5.41, 5.74) is 0. The molecule has 10 heteroatoms. The van der Waals surface area contributed by atoms with E-state index in [2.05, 4.69) is 37.6 Å². The average molecular weight is 421 g/mol. The number of aliphatic imine (C=N–C) groups is 1. The first-order chi connectivity index (χ1) is 14.2. The molecular weight excluding hydrogens is 388 g/mol. The van der Waals surface area contributed by atoms with Gasteiger partial charge in [-0.3, -0.25) is 4.90 Å². The number of hydrogen-bond donors (Lipinski definition) is 2. The third-order valence-corrected chi connectivity index (χ3v) is 6.11. The number of morpholine rings is 1. The van der Waals surface area contributed by atoms with E-state index >= 15 is 0 Å². The molecule has 1 aliphatic rings. The molecule has 3 rings (SSSR count). The molecule has 0 aromatic carbocycles. The van der Waals surface area contributed by atoms with Crippen molar-refractivity contribution in [2.24, 2.45) is 12.0 Å². The summed E-state index contributed by atoms with van der Waals surface area (Å²) in [5.74, 6) is 2.51. The Hall–Kier alpha value is -2.04. The van der Waals surface area contributed by atoms with Crippen molar-refractivity contribution < 1.29 is 4.74 Å². The van der Waals surface area contributed by atoms with Crippen LogP contribution in [0.2, 0.25) is 0 Å². The third-order valence-electron chi connectivity index (χ3n) is 4.97. The van der Waals surface area contributed by atoms with E-state index in [1.807, 2.05) is 24.7 Å². The Kier molecular flexibility index (Phi) is 8.38. The van der Waals surface area contributed by atoms with E-state index in [0.29, 0.717) is 13.1 Å². The van der Waals surface area contributed by atoms with Gasteiger partial charge < -0.3 is 19.9 Å². The van der Waals surface area contributed by atoms with Crippen LogP contribution in [0.4, 0.5) is 0 Å². The zero-order chi connectivity index (χ0) is 20.5. The van der Waals surface area contributed by atoms with Gasteiger partial charge in [-0.15, -0.1) is 21.5 Å². The predicted molar refractivity (Wildman–Crippen MR) is 115 cm³/mol. The highest BCUT2D eigenvalue weighted by Crippen LogP contribution is 2.12. The fourth-order valence-electron chi connectivity index (χ4n) is 3.00. The molecule has 9 nitrogen and oxygen atoms in total. The lowest BCUT2D eigenvalue weighted by molar-refractivity contribution is 0.0376. The molecule has 1 saturated heterocycles. The summed E-state index contributed by atoms with van der Waals surface area (Å²) in [7, 11) is 1.96. The topological polar surface area (TPSA) is 92.5 Å². The minimum atomic E-state index is 0.480. The van der Waals surface area contributed by atoms with Crippen molar-refractivity contribution in [3.05, 3.63) is 27.7 Å². The minimum absolute atomic E-state index is 0.480. The van der Waals surface area contributed by atoms with Gasteiger partial charge in [-0.05, 0) is 26.3 Å². The highest BCUT2D eigenvalue weighted by Gasteiger charge is 2.10. The Labute approximate surface area is 176 Å². The first-order valence-electron chi connectivity index (χ1n) is 10.3. The maximum atomic E-state index is 5.41. The number of guanidine groups is 1. The Balaban J connectivity index is 1.52. The van der Waals surface area contributed by atoms with Crippen LogP contribution in [-0.2, 0) is 31.3 Å². The second-order valence-electron chi connectivity index (χ2n) is 7.05. The smallest absolute Gasteiger partial charge is 0.192 e.